The van der Waals surface area contributed by atoms with Crippen LogP contribution >= 0.6 is 0 Å². The predicted octanol–water partition coefficient (Wildman–Crippen LogP) is 12.7. The zero-order valence-corrected chi connectivity index (χ0v) is 32.0. The second-order valence-corrected chi connectivity index (χ2v) is 15.0. The van der Waals surface area contributed by atoms with Gasteiger partial charge in [-0.05, 0) is 57.9 Å². The highest BCUT2D eigenvalue weighted by atomic mass is 15.0. The molecule has 12 rings (SSSR count). The highest BCUT2D eigenvalue weighted by molar-refractivity contribution is 6.06. The molecule has 0 spiro atoms. The lowest BCUT2D eigenvalue weighted by Gasteiger charge is -2.12. The summed E-state index contributed by atoms with van der Waals surface area (Å²) in [6, 6.07) is 60.5. The number of hydrogen-bond acceptors (Lipinski definition) is 7. The Morgan fingerprint density at radius 1 is 0.267 bits per heavy atom. The van der Waals surface area contributed by atoms with Crippen LogP contribution in [0.4, 0.5) is 0 Å². The third-order valence-corrected chi connectivity index (χ3v) is 11.4. The van der Waals surface area contributed by atoms with Gasteiger partial charge in [0.1, 0.15) is 0 Å². The average molecular weight is 766 g/mol. The monoisotopic (exact) mass is 765 g/mol. The maximum Gasteiger partial charge on any atom is 0.164 e. The average Bonchev–Trinajstić information content (AvgIpc) is 3.33. The summed E-state index contributed by atoms with van der Waals surface area (Å²) in [5.41, 5.74) is 10.2. The Balaban J connectivity index is 0.959. The summed E-state index contributed by atoms with van der Waals surface area (Å²) in [6.07, 6.45) is 3.65. The first kappa shape index (κ1) is 33.8. The Kier molecular flexibility index (Phi) is 7.71. The van der Waals surface area contributed by atoms with Crippen molar-refractivity contribution in [3.05, 3.63) is 188 Å². The van der Waals surface area contributed by atoms with Gasteiger partial charge in [0.15, 0.2) is 17.5 Å². The van der Waals surface area contributed by atoms with Gasteiger partial charge in [0.25, 0.3) is 0 Å². The molecule has 5 aromatic heterocycles. The van der Waals surface area contributed by atoms with Gasteiger partial charge in [-0.1, -0.05) is 140 Å². The standard InChI is InChI=1S/C53H31N7/c1-2-8-36(9-3-1)51-58-52(39-20-24-41-37(30-39)10-4-14-43(41)45-26-22-34-18-16-32-12-6-28-54-47(32)49(34)56-45)60-53(59-51)40-21-25-42-38(31-40)11-5-15-44(42)46-27-23-35-19-17-33-13-7-29-55-48(33)50(35)57-46/h1-31H. The quantitative estimate of drug-likeness (QED) is 0.161. The maximum atomic E-state index is 5.16. The largest absolute Gasteiger partial charge is 0.254 e. The summed E-state index contributed by atoms with van der Waals surface area (Å²) in [6.45, 7) is 0. The summed E-state index contributed by atoms with van der Waals surface area (Å²) in [5.74, 6) is 1.81. The van der Waals surface area contributed by atoms with Crippen molar-refractivity contribution in [2.45, 2.75) is 0 Å². The molecule has 0 saturated carbocycles. The molecule has 7 heteroatoms. The fourth-order valence-electron chi connectivity index (χ4n) is 8.39. The van der Waals surface area contributed by atoms with Crippen molar-refractivity contribution in [1.29, 1.82) is 0 Å². The topological polar surface area (TPSA) is 90.2 Å². The predicted molar refractivity (Wildman–Crippen MR) is 243 cm³/mol. The third-order valence-electron chi connectivity index (χ3n) is 11.4. The Morgan fingerprint density at radius 3 is 1.20 bits per heavy atom. The first-order valence-corrected chi connectivity index (χ1v) is 19.9. The molecule has 0 saturated heterocycles. The minimum atomic E-state index is 0.600. The fraction of sp³-hybridized carbons (Fsp3) is 0. The van der Waals surface area contributed by atoms with Crippen molar-refractivity contribution in [2.75, 3.05) is 0 Å². The summed E-state index contributed by atoms with van der Waals surface area (Å²) < 4.78 is 0. The molecule has 0 fully saturated rings. The van der Waals surface area contributed by atoms with E-state index in [4.69, 9.17) is 24.9 Å². The molecule has 278 valence electrons. The van der Waals surface area contributed by atoms with Crippen LogP contribution in [0.1, 0.15) is 0 Å². The van der Waals surface area contributed by atoms with Gasteiger partial charge < -0.3 is 0 Å². The van der Waals surface area contributed by atoms with E-state index in [9.17, 15) is 0 Å². The number of aromatic nitrogens is 7. The molecule has 0 aliphatic heterocycles. The molecule has 60 heavy (non-hydrogen) atoms. The molecule has 12 aromatic rings. The number of nitrogens with zero attached hydrogens (tertiary/aromatic N) is 7. The van der Waals surface area contributed by atoms with Crippen LogP contribution in [0.5, 0.6) is 0 Å². The molecule has 0 atom stereocenters. The zero-order chi connectivity index (χ0) is 39.6. The van der Waals surface area contributed by atoms with E-state index in [1.165, 1.54) is 0 Å². The molecule has 0 N–H and O–H groups in total. The van der Waals surface area contributed by atoms with E-state index in [0.29, 0.717) is 17.5 Å². The summed E-state index contributed by atoms with van der Waals surface area (Å²) >= 11 is 0. The van der Waals surface area contributed by atoms with Crippen molar-refractivity contribution < 1.29 is 0 Å². The number of pyridine rings is 4. The van der Waals surface area contributed by atoms with E-state index in [1.54, 1.807) is 0 Å². The minimum Gasteiger partial charge on any atom is -0.254 e. The number of hydrogen-bond donors (Lipinski definition) is 0. The molecule has 0 unspecified atom stereocenters. The Morgan fingerprint density at radius 2 is 0.700 bits per heavy atom. The lowest BCUT2D eigenvalue weighted by molar-refractivity contribution is 1.08. The van der Waals surface area contributed by atoms with Gasteiger partial charge in [-0.15, -0.1) is 0 Å². The molecule has 7 nitrogen and oxygen atoms in total. The smallest absolute Gasteiger partial charge is 0.164 e. The van der Waals surface area contributed by atoms with E-state index in [0.717, 1.165) is 104 Å². The van der Waals surface area contributed by atoms with E-state index in [2.05, 4.69) is 143 Å². The maximum absolute atomic E-state index is 5.16. The minimum absolute atomic E-state index is 0.600. The van der Waals surface area contributed by atoms with Crippen molar-refractivity contribution in [3.63, 3.8) is 0 Å². The Labute approximate surface area is 343 Å². The van der Waals surface area contributed by atoms with Crippen LogP contribution in [-0.2, 0) is 0 Å². The molecule has 7 aromatic carbocycles. The number of rotatable bonds is 5. The van der Waals surface area contributed by atoms with Gasteiger partial charge in [0.2, 0.25) is 0 Å². The van der Waals surface area contributed by atoms with Crippen molar-refractivity contribution >= 4 is 65.2 Å². The van der Waals surface area contributed by atoms with Crippen LogP contribution in [0.2, 0.25) is 0 Å². The van der Waals surface area contributed by atoms with Crippen LogP contribution in [-0.4, -0.2) is 34.9 Å². The lowest BCUT2D eigenvalue weighted by Crippen LogP contribution is -2.00. The van der Waals surface area contributed by atoms with Gasteiger partial charge in [-0.3, -0.25) is 9.97 Å². The first-order valence-electron chi connectivity index (χ1n) is 19.9. The van der Waals surface area contributed by atoms with E-state index in [1.807, 2.05) is 54.9 Å². The molecule has 0 aliphatic carbocycles. The highest BCUT2D eigenvalue weighted by Gasteiger charge is 2.16. The van der Waals surface area contributed by atoms with Gasteiger partial charge in [0.05, 0.1) is 33.5 Å². The Bertz CT molecular complexity index is 3460. The van der Waals surface area contributed by atoms with Gasteiger partial charge in [-0.25, -0.2) is 24.9 Å². The van der Waals surface area contributed by atoms with E-state index in [-0.39, 0.29) is 0 Å². The van der Waals surface area contributed by atoms with Crippen molar-refractivity contribution in [3.8, 4) is 56.7 Å². The molecule has 0 aliphatic rings. The van der Waals surface area contributed by atoms with Crippen LogP contribution in [0, 0.1) is 0 Å². The van der Waals surface area contributed by atoms with Crippen LogP contribution in [0.25, 0.3) is 122 Å². The number of benzene rings is 7. The highest BCUT2D eigenvalue weighted by Crippen LogP contribution is 2.36. The number of fused-ring (bicyclic) bond motifs is 8. The van der Waals surface area contributed by atoms with Crippen LogP contribution in [0.15, 0.2) is 188 Å². The molecular weight excluding hydrogens is 735 g/mol. The third kappa shape index (κ3) is 5.71. The molecule has 0 amide bonds. The zero-order valence-electron chi connectivity index (χ0n) is 32.0. The second kappa shape index (κ2) is 13.7. The van der Waals surface area contributed by atoms with E-state index >= 15 is 0 Å². The van der Waals surface area contributed by atoms with Gasteiger partial charge in [-0.2, -0.15) is 0 Å². The fourth-order valence-corrected chi connectivity index (χ4v) is 8.39. The summed E-state index contributed by atoms with van der Waals surface area (Å²) in [4.78, 5) is 34.9. The van der Waals surface area contributed by atoms with E-state index < -0.39 is 0 Å². The molecule has 0 radical (unpaired) electrons. The second-order valence-electron chi connectivity index (χ2n) is 15.0. The van der Waals surface area contributed by atoms with Crippen LogP contribution in [0.3, 0.4) is 0 Å². The normalized spacial score (nSPS) is 11.7. The summed E-state index contributed by atoms with van der Waals surface area (Å²) in [5, 5.41) is 8.58. The lowest BCUT2D eigenvalue weighted by atomic mass is 9.98. The van der Waals surface area contributed by atoms with Crippen LogP contribution < -0.4 is 0 Å². The summed E-state index contributed by atoms with van der Waals surface area (Å²) in [7, 11) is 0. The van der Waals surface area contributed by atoms with Gasteiger partial charge in [0, 0.05) is 61.8 Å². The van der Waals surface area contributed by atoms with Crippen molar-refractivity contribution in [2.24, 2.45) is 0 Å². The van der Waals surface area contributed by atoms with Crippen molar-refractivity contribution in [1.82, 2.24) is 34.9 Å². The molecule has 0 bridgehead atoms. The Hall–Kier alpha value is -8.29. The first-order chi connectivity index (χ1) is 29.7. The molecular formula is C53H31N7. The molecule has 5 heterocycles. The van der Waals surface area contributed by atoms with Gasteiger partial charge >= 0.3 is 0 Å². The SMILES string of the molecule is c1ccc(-c2nc(-c3ccc4c(-c5ccc6ccc7cccnc7c6n5)cccc4c3)nc(-c3ccc4c(-c5ccc6ccc7cccnc7c6n5)cccc4c3)n2)cc1.